The summed E-state index contributed by atoms with van der Waals surface area (Å²) in [5, 5.41) is 4.31. The largest absolute Gasteiger partial charge is 0.221 e. The molecule has 5 heteroatoms. The van der Waals surface area contributed by atoms with Crippen LogP contribution < -0.4 is 0 Å². The van der Waals surface area contributed by atoms with Crippen LogP contribution in [0.25, 0.3) is 5.65 Å². The Morgan fingerprint density at radius 1 is 1.22 bits per heavy atom. The van der Waals surface area contributed by atoms with Gasteiger partial charge in [-0.25, -0.2) is 13.9 Å². The van der Waals surface area contributed by atoms with E-state index in [0.29, 0.717) is 17.8 Å². The minimum absolute atomic E-state index is 0.225. The zero-order valence-corrected chi connectivity index (χ0v) is 10.9. The van der Waals surface area contributed by atoms with Gasteiger partial charge in [-0.15, -0.1) is 0 Å². The van der Waals surface area contributed by atoms with E-state index in [0.717, 1.165) is 10.1 Å². The molecule has 0 saturated carbocycles. The van der Waals surface area contributed by atoms with Gasteiger partial charge in [0.15, 0.2) is 11.5 Å². The van der Waals surface area contributed by atoms with E-state index in [2.05, 4.69) is 26.0 Å². The molecule has 2 aromatic heterocycles. The van der Waals surface area contributed by atoms with Crippen LogP contribution in [0.2, 0.25) is 0 Å². The van der Waals surface area contributed by atoms with Gasteiger partial charge in [-0.05, 0) is 23.8 Å². The van der Waals surface area contributed by atoms with E-state index < -0.39 is 0 Å². The number of fused-ring (bicyclic) bond motifs is 1. The Labute approximate surface area is 111 Å². The van der Waals surface area contributed by atoms with E-state index in [1.807, 2.05) is 24.4 Å². The highest BCUT2D eigenvalue weighted by atomic mass is 79.9. The fraction of sp³-hybridized carbons (Fsp3) is 0.0769. The molecule has 3 aromatic rings. The second-order valence-corrected chi connectivity index (χ2v) is 4.86. The number of pyridine rings is 1. The number of hydrogen-bond donors (Lipinski definition) is 0. The molecule has 0 unspecified atom stereocenters. The molecule has 0 aliphatic rings. The SMILES string of the molecule is Fc1ccccc1Cc1nc2cc(Br)ccn2n1. The molecule has 0 bridgehead atoms. The molecule has 0 amide bonds. The second-order valence-electron chi connectivity index (χ2n) is 3.94. The van der Waals surface area contributed by atoms with E-state index >= 15 is 0 Å². The van der Waals surface area contributed by atoms with E-state index in [1.54, 1.807) is 16.6 Å². The lowest BCUT2D eigenvalue weighted by molar-refractivity contribution is 0.612. The van der Waals surface area contributed by atoms with Gasteiger partial charge >= 0.3 is 0 Å². The average Bonchev–Trinajstić information content (AvgIpc) is 2.73. The van der Waals surface area contributed by atoms with Gasteiger partial charge in [-0.1, -0.05) is 34.1 Å². The molecule has 1 aromatic carbocycles. The zero-order valence-electron chi connectivity index (χ0n) is 9.35. The van der Waals surface area contributed by atoms with Crippen molar-refractivity contribution in [2.75, 3.05) is 0 Å². The van der Waals surface area contributed by atoms with Crippen LogP contribution in [0.15, 0.2) is 47.1 Å². The Bertz CT molecular complexity index is 708. The molecule has 0 atom stereocenters. The summed E-state index contributed by atoms with van der Waals surface area (Å²) in [6, 6.07) is 10.4. The van der Waals surface area contributed by atoms with Crippen molar-refractivity contribution in [2.24, 2.45) is 0 Å². The van der Waals surface area contributed by atoms with Crippen LogP contribution in [0.4, 0.5) is 4.39 Å². The molecule has 0 N–H and O–H groups in total. The molecule has 90 valence electrons. The van der Waals surface area contributed by atoms with E-state index in [9.17, 15) is 4.39 Å². The van der Waals surface area contributed by atoms with Crippen molar-refractivity contribution in [3.8, 4) is 0 Å². The number of aromatic nitrogens is 3. The first-order chi connectivity index (χ1) is 8.72. The Morgan fingerprint density at radius 2 is 2.06 bits per heavy atom. The average molecular weight is 306 g/mol. The Balaban J connectivity index is 1.98. The molecule has 2 heterocycles. The summed E-state index contributed by atoms with van der Waals surface area (Å²) < 4.78 is 16.2. The fourth-order valence-corrected chi connectivity index (χ4v) is 2.11. The van der Waals surface area contributed by atoms with Gasteiger partial charge in [-0.3, -0.25) is 0 Å². The molecule has 3 nitrogen and oxygen atoms in total. The Morgan fingerprint density at radius 3 is 2.89 bits per heavy atom. The molecule has 3 rings (SSSR count). The molecule has 0 saturated heterocycles. The first-order valence-corrected chi connectivity index (χ1v) is 6.26. The number of nitrogens with zero attached hydrogens (tertiary/aromatic N) is 3. The summed E-state index contributed by atoms with van der Waals surface area (Å²) in [6.45, 7) is 0. The number of benzene rings is 1. The van der Waals surface area contributed by atoms with Crippen LogP contribution in [-0.4, -0.2) is 14.6 Å². The van der Waals surface area contributed by atoms with Crippen molar-refractivity contribution < 1.29 is 4.39 Å². The molecular formula is C13H9BrFN3. The van der Waals surface area contributed by atoms with Crippen LogP contribution in [-0.2, 0) is 6.42 Å². The fourth-order valence-electron chi connectivity index (χ4n) is 1.79. The van der Waals surface area contributed by atoms with Gasteiger partial charge in [0.25, 0.3) is 0 Å². The van der Waals surface area contributed by atoms with Crippen molar-refractivity contribution in [1.82, 2.24) is 14.6 Å². The minimum atomic E-state index is -0.225. The highest BCUT2D eigenvalue weighted by molar-refractivity contribution is 9.10. The molecule has 0 spiro atoms. The topological polar surface area (TPSA) is 30.2 Å². The van der Waals surface area contributed by atoms with Gasteiger partial charge < -0.3 is 0 Å². The summed E-state index contributed by atoms with van der Waals surface area (Å²) in [6.07, 6.45) is 2.21. The van der Waals surface area contributed by atoms with Crippen molar-refractivity contribution in [1.29, 1.82) is 0 Å². The standard InChI is InChI=1S/C13H9BrFN3/c14-10-5-6-18-13(8-10)16-12(17-18)7-9-3-1-2-4-11(9)15/h1-6,8H,7H2. The molecule has 0 aliphatic heterocycles. The first kappa shape index (κ1) is 11.3. The second kappa shape index (κ2) is 4.49. The van der Waals surface area contributed by atoms with E-state index in [4.69, 9.17) is 0 Å². The van der Waals surface area contributed by atoms with Crippen molar-refractivity contribution >= 4 is 21.6 Å². The minimum Gasteiger partial charge on any atom is -0.221 e. The van der Waals surface area contributed by atoms with Gasteiger partial charge in [-0.2, -0.15) is 5.10 Å². The third kappa shape index (κ3) is 2.13. The smallest absolute Gasteiger partial charge is 0.156 e. The van der Waals surface area contributed by atoms with Crippen LogP contribution in [0.3, 0.4) is 0 Å². The highest BCUT2D eigenvalue weighted by Crippen LogP contribution is 2.14. The Hall–Kier alpha value is -1.75. The summed E-state index contributed by atoms with van der Waals surface area (Å²) in [4.78, 5) is 4.37. The maximum absolute atomic E-state index is 13.5. The van der Waals surface area contributed by atoms with Gasteiger partial charge in [0.05, 0.1) is 0 Å². The van der Waals surface area contributed by atoms with Crippen molar-refractivity contribution in [2.45, 2.75) is 6.42 Å². The van der Waals surface area contributed by atoms with E-state index in [-0.39, 0.29) is 5.82 Å². The van der Waals surface area contributed by atoms with Gasteiger partial charge in [0.1, 0.15) is 5.82 Å². The summed E-state index contributed by atoms with van der Waals surface area (Å²) in [7, 11) is 0. The normalized spacial score (nSPS) is 11.0. The van der Waals surface area contributed by atoms with Crippen molar-refractivity contribution in [3.05, 3.63) is 64.3 Å². The summed E-state index contributed by atoms with van der Waals surface area (Å²) in [5.41, 5.74) is 1.35. The van der Waals surface area contributed by atoms with Gasteiger partial charge in [0, 0.05) is 17.1 Å². The summed E-state index contributed by atoms with van der Waals surface area (Å²) in [5.74, 6) is 0.385. The molecule has 0 aliphatic carbocycles. The lowest BCUT2D eigenvalue weighted by Crippen LogP contribution is -1.94. The number of rotatable bonds is 2. The lowest BCUT2D eigenvalue weighted by atomic mass is 10.1. The third-order valence-corrected chi connectivity index (χ3v) is 3.14. The first-order valence-electron chi connectivity index (χ1n) is 5.46. The van der Waals surface area contributed by atoms with Crippen LogP contribution in [0.1, 0.15) is 11.4 Å². The molecule has 0 radical (unpaired) electrons. The van der Waals surface area contributed by atoms with Gasteiger partial charge in [0.2, 0.25) is 0 Å². The Kier molecular flexibility index (Phi) is 2.83. The number of halogens is 2. The van der Waals surface area contributed by atoms with Crippen molar-refractivity contribution in [3.63, 3.8) is 0 Å². The summed E-state index contributed by atoms with van der Waals surface area (Å²) >= 11 is 3.38. The molecular weight excluding hydrogens is 297 g/mol. The predicted molar refractivity (Wildman–Crippen MR) is 69.9 cm³/mol. The maximum atomic E-state index is 13.5. The zero-order chi connectivity index (χ0) is 12.5. The lowest BCUT2D eigenvalue weighted by Gasteiger charge is -1.97. The number of hydrogen-bond acceptors (Lipinski definition) is 2. The third-order valence-electron chi connectivity index (χ3n) is 2.65. The molecule has 18 heavy (non-hydrogen) atoms. The maximum Gasteiger partial charge on any atom is 0.156 e. The van der Waals surface area contributed by atoms with E-state index in [1.165, 1.54) is 6.07 Å². The van der Waals surface area contributed by atoms with Crippen LogP contribution in [0.5, 0.6) is 0 Å². The highest BCUT2D eigenvalue weighted by Gasteiger charge is 2.07. The predicted octanol–water partition coefficient (Wildman–Crippen LogP) is 3.22. The van der Waals surface area contributed by atoms with Crippen LogP contribution in [0, 0.1) is 5.82 Å². The van der Waals surface area contributed by atoms with Crippen LogP contribution >= 0.6 is 15.9 Å². The quantitative estimate of drug-likeness (QED) is 0.727. The molecule has 0 fully saturated rings. The monoisotopic (exact) mass is 305 g/mol.